The predicted molar refractivity (Wildman–Crippen MR) is 272 cm³/mol. The van der Waals surface area contributed by atoms with E-state index in [9.17, 15) is 0 Å². The Kier molecular flexibility index (Phi) is 8.53. The van der Waals surface area contributed by atoms with E-state index < -0.39 is 0 Å². The molecule has 65 heavy (non-hydrogen) atoms. The normalized spacial score (nSPS) is 11.7. The molecule has 2 aromatic heterocycles. The van der Waals surface area contributed by atoms with Crippen molar-refractivity contribution in [3.63, 3.8) is 0 Å². The van der Waals surface area contributed by atoms with Crippen molar-refractivity contribution in [3.8, 4) is 44.5 Å². The fourth-order valence-electron chi connectivity index (χ4n) is 10.1. The highest BCUT2D eigenvalue weighted by atomic mass is 16.3. The van der Waals surface area contributed by atoms with Crippen LogP contribution in [0.2, 0.25) is 0 Å². The van der Waals surface area contributed by atoms with E-state index >= 15 is 0 Å². The molecule has 0 N–H and O–H groups in total. The first-order valence-corrected chi connectivity index (χ1v) is 22.2. The van der Waals surface area contributed by atoms with Crippen molar-refractivity contribution in [1.29, 1.82) is 0 Å². The van der Waals surface area contributed by atoms with Crippen LogP contribution in [0, 0.1) is 0 Å². The number of hydrogen-bond donors (Lipinski definition) is 0. The summed E-state index contributed by atoms with van der Waals surface area (Å²) >= 11 is 0. The Morgan fingerprint density at radius 1 is 0.262 bits per heavy atom. The van der Waals surface area contributed by atoms with Crippen LogP contribution in [0.5, 0.6) is 0 Å². The average molecular weight is 830 g/mol. The monoisotopic (exact) mass is 829 g/mol. The van der Waals surface area contributed by atoms with Gasteiger partial charge >= 0.3 is 0 Å². The van der Waals surface area contributed by atoms with Gasteiger partial charge in [-0.1, -0.05) is 188 Å². The van der Waals surface area contributed by atoms with Gasteiger partial charge in [-0.2, -0.15) is 0 Å². The minimum absolute atomic E-state index is 0.880. The maximum absolute atomic E-state index is 6.64. The van der Waals surface area contributed by atoms with Crippen LogP contribution >= 0.6 is 0 Å². The van der Waals surface area contributed by atoms with Crippen LogP contribution in [-0.2, 0) is 0 Å². The second kappa shape index (κ2) is 15.0. The van der Waals surface area contributed by atoms with Crippen molar-refractivity contribution in [2.75, 3.05) is 4.90 Å². The first kappa shape index (κ1) is 36.9. The number of nitrogens with zero attached hydrogens (tertiary/aromatic N) is 1. The Hall–Kier alpha value is -8.66. The molecule has 304 valence electrons. The number of rotatable bonds is 7. The molecule has 3 heteroatoms. The predicted octanol–water partition coefficient (Wildman–Crippen LogP) is 17.9. The number of benzene rings is 11. The Bertz CT molecular complexity index is 3920. The van der Waals surface area contributed by atoms with Gasteiger partial charge in [0.2, 0.25) is 0 Å². The minimum atomic E-state index is 0.880. The van der Waals surface area contributed by atoms with Crippen LogP contribution in [0.15, 0.2) is 245 Å². The lowest BCUT2D eigenvalue weighted by molar-refractivity contribution is 0.669. The van der Waals surface area contributed by atoms with E-state index in [2.05, 4.69) is 235 Å². The molecule has 0 unspecified atom stereocenters. The van der Waals surface area contributed by atoms with Gasteiger partial charge in [0.05, 0.1) is 5.69 Å². The smallest absolute Gasteiger partial charge is 0.143 e. The molecule has 0 amide bonds. The zero-order chi connectivity index (χ0) is 42.8. The van der Waals surface area contributed by atoms with E-state index in [-0.39, 0.29) is 0 Å². The zero-order valence-corrected chi connectivity index (χ0v) is 35.3. The lowest BCUT2D eigenvalue weighted by Crippen LogP contribution is -2.10. The topological polar surface area (TPSA) is 29.5 Å². The molecule has 0 saturated carbocycles. The summed E-state index contributed by atoms with van der Waals surface area (Å²) in [6, 6.07) is 84.5. The molecular weight excluding hydrogens is 791 g/mol. The third-order valence-electron chi connectivity index (χ3n) is 13.1. The van der Waals surface area contributed by atoms with Crippen molar-refractivity contribution in [1.82, 2.24) is 0 Å². The molecule has 0 fully saturated rings. The maximum atomic E-state index is 6.64. The van der Waals surface area contributed by atoms with Crippen LogP contribution in [0.3, 0.4) is 0 Å². The van der Waals surface area contributed by atoms with Crippen molar-refractivity contribution in [2.45, 2.75) is 0 Å². The first-order chi connectivity index (χ1) is 32.2. The summed E-state index contributed by atoms with van der Waals surface area (Å²) in [5, 5.41) is 9.35. The fourth-order valence-corrected chi connectivity index (χ4v) is 10.1. The minimum Gasteiger partial charge on any atom is -0.455 e. The van der Waals surface area contributed by atoms with E-state index in [1.165, 1.54) is 21.5 Å². The largest absolute Gasteiger partial charge is 0.455 e. The number of fused-ring (bicyclic) bond motifs is 9. The quantitative estimate of drug-likeness (QED) is 0.150. The number of para-hydroxylation sites is 2. The Morgan fingerprint density at radius 2 is 0.769 bits per heavy atom. The van der Waals surface area contributed by atoms with Crippen LogP contribution in [0.1, 0.15) is 0 Å². The van der Waals surface area contributed by atoms with Gasteiger partial charge in [0.1, 0.15) is 22.3 Å². The molecule has 0 bridgehead atoms. The van der Waals surface area contributed by atoms with Crippen LogP contribution < -0.4 is 4.90 Å². The highest BCUT2D eigenvalue weighted by Crippen LogP contribution is 2.46. The van der Waals surface area contributed by atoms with Gasteiger partial charge in [0.15, 0.2) is 0 Å². The first-order valence-electron chi connectivity index (χ1n) is 22.2. The molecule has 11 aromatic carbocycles. The van der Waals surface area contributed by atoms with E-state index in [1.807, 2.05) is 6.07 Å². The lowest BCUT2D eigenvalue weighted by atomic mass is 9.94. The second-order valence-corrected chi connectivity index (χ2v) is 16.7. The molecular formula is C62H39NO2. The van der Waals surface area contributed by atoms with Crippen LogP contribution in [0.25, 0.3) is 110 Å². The third kappa shape index (κ3) is 6.05. The Balaban J connectivity index is 0.954. The van der Waals surface area contributed by atoms with Gasteiger partial charge in [-0.05, 0) is 98.1 Å². The van der Waals surface area contributed by atoms with Crippen molar-refractivity contribution in [3.05, 3.63) is 237 Å². The number of hydrogen-bond acceptors (Lipinski definition) is 3. The second-order valence-electron chi connectivity index (χ2n) is 16.7. The van der Waals surface area contributed by atoms with Gasteiger partial charge in [-0.15, -0.1) is 0 Å². The SMILES string of the molecule is c1ccc(-c2cccc3c2oc2cccc(-c4ccc(N(c5ccc(-c6ccc(-c7ccccc7)c7oc8ccccc8c67)cc5)c5cccc6c5ccc5ccccc56)cc4)c23)cc1. The van der Waals surface area contributed by atoms with Crippen molar-refractivity contribution >= 4 is 82.5 Å². The maximum Gasteiger partial charge on any atom is 0.143 e. The van der Waals surface area contributed by atoms with Crippen LogP contribution in [0.4, 0.5) is 17.1 Å². The average Bonchev–Trinajstić information content (AvgIpc) is 3.97. The molecule has 0 atom stereocenters. The molecule has 0 spiro atoms. The summed E-state index contributed by atoms with van der Waals surface area (Å²) in [6.45, 7) is 0. The molecule has 0 saturated heterocycles. The van der Waals surface area contributed by atoms with Crippen molar-refractivity contribution in [2.24, 2.45) is 0 Å². The number of furan rings is 2. The molecule has 0 aliphatic rings. The molecule has 0 aliphatic heterocycles. The third-order valence-corrected chi connectivity index (χ3v) is 13.1. The summed E-state index contributed by atoms with van der Waals surface area (Å²) in [4.78, 5) is 2.39. The van der Waals surface area contributed by atoms with Gasteiger partial charge in [-0.3, -0.25) is 0 Å². The van der Waals surface area contributed by atoms with Gasteiger partial charge in [0.25, 0.3) is 0 Å². The summed E-state index contributed by atoms with van der Waals surface area (Å²) in [5.41, 5.74) is 15.8. The van der Waals surface area contributed by atoms with Gasteiger partial charge in [0, 0.05) is 49.4 Å². The summed E-state index contributed by atoms with van der Waals surface area (Å²) in [6.07, 6.45) is 0. The summed E-state index contributed by atoms with van der Waals surface area (Å²) in [7, 11) is 0. The molecule has 13 aromatic rings. The molecule has 13 rings (SSSR count). The molecule has 2 heterocycles. The zero-order valence-electron chi connectivity index (χ0n) is 35.3. The van der Waals surface area contributed by atoms with E-state index in [0.717, 1.165) is 105 Å². The summed E-state index contributed by atoms with van der Waals surface area (Å²) < 4.78 is 13.3. The Labute approximate surface area is 375 Å². The van der Waals surface area contributed by atoms with E-state index in [4.69, 9.17) is 8.83 Å². The van der Waals surface area contributed by atoms with Crippen LogP contribution in [-0.4, -0.2) is 0 Å². The van der Waals surface area contributed by atoms with E-state index in [0.29, 0.717) is 0 Å². The highest BCUT2D eigenvalue weighted by Gasteiger charge is 2.21. The standard InChI is InChI=1S/C62H39NO2/c1-3-14-40(15-4-1)50-22-11-24-55-59-48(21-13-27-58(59)65-61(50)55)43-28-33-45(34-29-43)63(56-25-12-23-52-47-19-8-7-18-42(47)32-37-53(52)56)46-35-30-44(31-36-46)49-38-39-51(41-16-5-2-6-17-41)62-60(49)54-20-9-10-26-57(54)64-62/h1-39H. The lowest BCUT2D eigenvalue weighted by Gasteiger charge is -2.27. The highest BCUT2D eigenvalue weighted by molar-refractivity contribution is 6.18. The van der Waals surface area contributed by atoms with Crippen molar-refractivity contribution < 1.29 is 8.83 Å². The Morgan fingerprint density at radius 3 is 1.51 bits per heavy atom. The summed E-state index contributed by atoms with van der Waals surface area (Å²) in [5.74, 6) is 0. The van der Waals surface area contributed by atoms with Gasteiger partial charge < -0.3 is 13.7 Å². The number of anilines is 3. The van der Waals surface area contributed by atoms with E-state index in [1.54, 1.807) is 0 Å². The fraction of sp³-hybridized carbons (Fsp3) is 0. The molecule has 3 nitrogen and oxygen atoms in total. The molecule has 0 radical (unpaired) electrons. The molecule has 0 aliphatic carbocycles. The van der Waals surface area contributed by atoms with Gasteiger partial charge in [-0.25, -0.2) is 0 Å².